The van der Waals surface area contributed by atoms with Crippen molar-refractivity contribution in [3.63, 3.8) is 0 Å². The molecule has 1 N–H and O–H groups in total. The van der Waals surface area contributed by atoms with E-state index in [1.807, 2.05) is 12.1 Å². The number of benzene rings is 1. The van der Waals surface area contributed by atoms with E-state index in [-0.39, 0.29) is 0 Å². The van der Waals surface area contributed by atoms with Crippen LogP contribution in [0.3, 0.4) is 0 Å². The smallest absolute Gasteiger partial charge is 0.0814 e. The Morgan fingerprint density at radius 2 is 2.31 bits per heavy atom. The number of piperidine rings is 1. The molecule has 2 rings (SSSR count). The van der Waals surface area contributed by atoms with Gasteiger partial charge in [0.15, 0.2) is 0 Å². The van der Waals surface area contributed by atoms with Crippen LogP contribution >= 0.6 is 15.9 Å². The lowest BCUT2D eigenvalue weighted by molar-refractivity contribution is -0.0223. The first-order valence-electron chi connectivity index (χ1n) is 5.73. The molecule has 3 heteroatoms. The fraction of sp³-hybridized carbons (Fsp3) is 0.538. The monoisotopic (exact) mass is 283 g/mol. The summed E-state index contributed by atoms with van der Waals surface area (Å²) in [5, 5.41) is 10.5. The highest BCUT2D eigenvalue weighted by atomic mass is 79.9. The van der Waals surface area contributed by atoms with Crippen molar-refractivity contribution in [3.8, 4) is 0 Å². The molecule has 1 aliphatic heterocycles. The molecule has 1 heterocycles. The van der Waals surface area contributed by atoms with Crippen LogP contribution in [0.2, 0.25) is 0 Å². The predicted molar refractivity (Wildman–Crippen MR) is 69.5 cm³/mol. The van der Waals surface area contributed by atoms with Crippen molar-refractivity contribution >= 4 is 15.9 Å². The third kappa shape index (κ3) is 3.06. The first-order chi connectivity index (χ1) is 7.57. The normalized spacial score (nSPS) is 26.9. The minimum atomic E-state index is -0.548. The number of likely N-dealkylation sites (N-methyl/N-ethyl adjacent to an activating group) is 1. The summed E-state index contributed by atoms with van der Waals surface area (Å²) in [5.41, 5.74) is 0.653. The van der Waals surface area contributed by atoms with Crippen LogP contribution in [0.5, 0.6) is 0 Å². The zero-order valence-electron chi connectivity index (χ0n) is 9.62. The molecule has 1 aliphatic rings. The van der Waals surface area contributed by atoms with Crippen molar-refractivity contribution in [3.05, 3.63) is 34.3 Å². The van der Waals surface area contributed by atoms with Gasteiger partial charge in [-0.15, -0.1) is 0 Å². The van der Waals surface area contributed by atoms with E-state index in [0.29, 0.717) is 0 Å². The van der Waals surface area contributed by atoms with Crippen LogP contribution in [0.25, 0.3) is 0 Å². The number of halogens is 1. The van der Waals surface area contributed by atoms with Gasteiger partial charge in [0.05, 0.1) is 5.60 Å². The molecule has 1 atom stereocenters. The fourth-order valence-electron chi connectivity index (χ4n) is 2.51. The Morgan fingerprint density at radius 3 is 3.00 bits per heavy atom. The molecule has 0 aromatic heterocycles. The Kier molecular flexibility index (Phi) is 3.67. The van der Waals surface area contributed by atoms with Gasteiger partial charge in [-0.25, -0.2) is 0 Å². The molecule has 1 aromatic carbocycles. The molecule has 0 saturated carbocycles. The Morgan fingerprint density at radius 1 is 1.50 bits per heavy atom. The van der Waals surface area contributed by atoms with Gasteiger partial charge in [-0.05, 0) is 44.1 Å². The topological polar surface area (TPSA) is 23.5 Å². The van der Waals surface area contributed by atoms with Crippen molar-refractivity contribution in [1.82, 2.24) is 4.90 Å². The average molecular weight is 284 g/mol. The molecule has 16 heavy (non-hydrogen) atoms. The maximum atomic E-state index is 10.5. The highest BCUT2D eigenvalue weighted by Crippen LogP contribution is 2.25. The van der Waals surface area contributed by atoms with Crippen LogP contribution in [0.15, 0.2) is 28.7 Å². The van der Waals surface area contributed by atoms with E-state index in [1.54, 1.807) is 0 Å². The summed E-state index contributed by atoms with van der Waals surface area (Å²) in [6.45, 7) is 1.88. The summed E-state index contributed by atoms with van der Waals surface area (Å²) < 4.78 is 1.08. The molecule has 0 amide bonds. The van der Waals surface area contributed by atoms with Crippen molar-refractivity contribution in [2.45, 2.75) is 24.9 Å². The van der Waals surface area contributed by atoms with Gasteiger partial charge in [0.2, 0.25) is 0 Å². The van der Waals surface area contributed by atoms with Gasteiger partial charge < -0.3 is 10.0 Å². The Hall–Kier alpha value is -0.380. The zero-order chi connectivity index (χ0) is 11.6. The number of β-amino-alcohol motifs (C(OH)–C–C–N with tert-alkyl or cyclic N) is 1. The SMILES string of the molecule is CN1CCCC(O)(Cc2cccc(Br)c2)C1. The molecular weight excluding hydrogens is 266 g/mol. The quantitative estimate of drug-likeness (QED) is 0.901. The molecular formula is C13H18BrNO. The number of hydrogen-bond donors (Lipinski definition) is 1. The van der Waals surface area contributed by atoms with Gasteiger partial charge >= 0.3 is 0 Å². The second kappa shape index (κ2) is 4.86. The van der Waals surface area contributed by atoms with E-state index in [1.165, 1.54) is 5.56 Å². The molecule has 0 spiro atoms. The zero-order valence-corrected chi connectivity index (χ0v) is 11.2. The van der Waals surface area contributed by atoms with Gasteiger partial charge in [-0.1, -0.05) is 28.1 Å². The summed E-state index contributed by atoms with van der Waals surface area (Å²) in [6.07, 6.45) is 2.74. The predicted octanol–water partition coefficient (Wildman–Crippen LogP) is 2.45. The Labute approximate surface area is 105 Å². The highest BCUT2D eigenvalue weighted by Gasteiger charge is 2.31. The Balaban J connectivity index is 2.08. The van der Waals surface area contributed by atoms with E-state index in [2.05, 4.69) is 40.0 Å². The maximum absolute atomic E-state index is 10.5. The number of aliphatic hydroxyl groups is 1. The van der Waals surface area contributed by atoms with Crippen LogP contribution in [-0.4, -0.2) is 35.7 Å². The number of rotatable bonds is 2. The first kappa shape index (κ1) is 12.1. The van der Waals surface area contributed by atoms with Crippen LogP contribution < -0.4 is 0 Å². The van der Waals surface area contributed by atoms with E-state index in [4.69, 9.17) is 0 Å². The Bertz CT molecular complexity index is 369. The largest absolute Gasteiger partial charge is 0.388 e. The minimum absolute atomic E-state index is 0.548. The average Bonchev–Trinajstić information content (AvgIpc) is 2.16. The molecule has 1 saturated heterocycles. The van der Waals surface area contributed by atoms with Crippen molar-refractivity contribution < 1.29 is 5.11 Å². The van der Waals surface area contributed by atoms with Gasteiger partial charge in [-0.2, -0.15) is 0 Å². The summed E-state index contributed by atoms with van der Waals surface area (Å²) in [6, 6.07) is 8.21. The minimum Gasteiger partial charge on any atom is -0.388 e. The van der Waals surface area contributed by atoms with E-state index in [0.717, 1.165) is 36.8 Å². The van der Waals surface area contributed by atoms with Gasteiger partial charge in [0.1, 0.15) is 0 Å². The number of hydrogen-bond acceptors (Lipinski definition) is 2. The second-order valence-electron chi connectivity index (χ2n) is 4.87. The molecule has 0 bridgehead atoms. The molecule has 0 radical (unpaired) electrons. The summed E-state index contributed by atoms with van der Waals surface area (Å²) >= 11 is 3.46. The van der Waals surface area contributed by atoms with E-state index in [9.17, 15) is 5.11 Å². The third-order valence-corrected chi connectivity index (χ3v) is 3.66. The third-order valence-electron chi connectivity index (χ3n) is 3.17. The maximum Gasteiger partial charge on any atom is 0.0814 e. The van der Waals surface area contributed by atoms with Crippen LogP contribution in [0.1, 0.15) is 18.4 Å². The highest BCUT2D eigenvalue weighted by molar-refractivity contribution is 9.10. The van der Waals surface area contributed by atoms with Crippen molar-refractivity contribution in [1.29, 1.82) is 0 Å². The lowest BCUT2D eigenvalue weighted by Gasteiger charge is -2.37. The second-order valence-corrected chi connectivity index (χ2v) is 5.79. The fourth-order valence-corrected chi connectivity index (χ4v) is 2.96. The van der Waals surface area contributed by atoms with Crippen LogP contribution in [0, 0.1) is 0 Å². The van der Waals surface area contributed by atoms with Gasteiger partial charge in [0, 0.05) is 17.4 Å². The van der Waals surface area contributed by atoms with E-state index >= 15 is 0 Å². The van der Waals surface area contributed by atoms with Gasteiger partial charge in [0.25, 0.3) is 0 Å². The summed E-state index contributed by atoms with van der Waals surface area (Å²) in [7, 11) is 2.07. The molecule has 2 nitrogen and oxygen atoms in total. The van der Waals surface area contributed by atoms with E-state index < -0.39 is 5.60 Å². The summed E-state index contributed by atoms with van der Waals surface area (Å²) in [4.78, 5) is 2.21. The van der Waals surface area contributed by atoms with Crippen LogP contribution in [-0.2, 0) is 6.42 Å². The lowest BCUT2D eigenvalue weighted by Crippen LogP contribution is -2.47. The molecule has 88 valence electrons. The molecule has 1 aromatic rings. The number of likely N-dealkylation sites (tertiary alicyclic amines) is 1. The van der Waals surface area contributed by atoms with Gasteiger partial charge in [-0.3, -0.25) is 0 Å². The lowest BCUT2D eigenvalue weighted by atomic mass is 9.87. The molecule has 1 fully saturated rings. The molecule has 0 aliphatic carbocycles. The van der Waals surface area contributed by atoms with Crippen LogP contribution in [0.4, 0.5) is 0 Å². The molecule has 1 unspecified atom stereocenters. The van der Waals surface area contributed by atoms with Crippen molar-refractivity contribution in [2.24, 2.45) is 0 Å². The first-order valence-corrected chi connectivity index (χ1v) is 6.52. The van der Waals surface area contributed by atoms with Crippen molar-refractivity contribution in [2.75, 3.05) is 20.1 Å². The summed E-state index contributed by atoms with van der Waals surface area (Å²) in [5.74, 6) is 0. The standard InChI is InChI=1S/C13H18BrNO/c1-15-7-3-6-13(16,10-15)9-11-4-2-5-12(14)8-11/h2,4-5,8,16H,3,6-7,9-10H2,1H3. The number of nitrogens with zero attached hydrogens (tertiary/aromatic N) is 1.